The molecule has 0 aliphatic heterocycles. The Labute approximate surface area is 81.9 Å². The lowest BCUT2D eigenvalue weighted by Crippen LogP contribution is -2.18. The Bertz CT molecular complexity index is 400. The van der Waals surface area contributed by atoms with Crippen LogP contribution in [0.15, 0.2) is 47.2 Å². The van der Waals surface area contributed by atoms with Crippen LogP contribution < -0.4 is 5.73 Å². The molecule has 0 amide bonds. The standard InChI is InChI=1S/C11H11NO2/c12-10-6-8-4-2-1-3-7(8)5-9(10)11(13)14/h1-3,5-6,8H,4,12H2,(H,13,14). The molecule has 0 fully saturated rings. The lowest BCUT2D eigenvalue weighted by atomic mass is 9.84. The predicted octanol–water partition coefficient (Wildman–Crippen LogP) is 1.36. The lowest BCUT2D eigenvalue weighted by molar-refractivity contribution is -0.132. The van der Waals surface area contributed by atoms with E-state index in [9.17, 15) is 4.79 Å². The summed E-state index contributed by atoms with van der Waals surface area (Å²) in [5.41, 5.74) is 7.24. The fourth-order valence-electron chi connectivity index (χ4n) is 1.73. The van der Waals surface area contributed by atoms with E-state index in [1.165, 1.54) is 0 Å². The molecule has 0 heterocycles. The van der Waals surface area contributed by atoms with E-state index in [-0.39, 0.29) is 11.5 Å². The average Bonchev–Trinajstić information content (AvgIpc) is 2.16. The maximum atomic E-state index is 10.8. The van der Waals surface area contributed by atoms with Gasteiger partial charge < -0.3 is 10.8 Å². The minimum Gasteiger partial charge on any atom is -0.478 e. The van der Waals surface area contributed by atoms with Gasteiger partial charge in [0, 0.05) is 11.6 Å². The number of fused-ring (bicyclic) bond motifs is 1. The van der Waals surface area contributed by atoms with Gasteiger partial charge in [0.05, 0.1) is 5.57 Å². The number of carboxylic acid groups (broad SMARTS) is 1. The molecule has 0 aromatic rings. The number of aliphatic carboxylic acids is 1. The number of rotatable bonds is 1. The molecule has 0 saturated carbocycles. The van der Waals surface area contributed by atoms with Crippen molar-refractivity contribution >= 4 is 5.97 Å². The van der Waals surface area contributed by atoms with E-state index < -0.39 is 5.97 Å². The average molecular weight is 189 g/mol. The zero-order valence-electron chi connectivity index (χ0n) is 7.60. The largest absolute Gasteiger partial charge is 0.478 e. The summed E-state index contributed by atoms with van der Waals surface area (Å²) in [7, 11) is 0. The topological polar surface area (TPSA) is 63.3 Å². The first kappa shape index (κ1) is 8.81. The van der Waals surface area contributed by atoms with Crippen molar-refractivity contribution in [1.29, 1.82) is 0 Å². The van der Waals surface area contributed by atoms with Crippen LogP contribution in [0.4, 0.5) is 0 Å². The second-order valence-corrected chi connectivity index (χ2v) is 3.42. The first-order chi connectivity index (χ1) is 6.68. The summed E-state index contributed by atoms with van der Waals surface area (Å²) in [6.07, 6.45) is 10.3. The van der Waals surface area contributed by atoms with Crippen molar-refractivity contribution in [2.45, 2.75) is 6.42 Å². The minimum absolute atomic E-state index is 0.197. The molecule has 0 radical (unpaired) electrons. The molecule has 1 atom stereocenters. The van der Waals surface area contributed by atoms with Crippen LogP contribution in [0.25, 0.3) is 0 Å². The number of carboxylic acids is 1. The smallest absolute Gasteiger partial charge is 0.337 e. The van der Waals surface area contributed by atoms with Crippen LogP contribution in [0.3, 0.4) is 0 Å². The first-order valence-corrected chi connectivity index (χ1v) is 4.48. The van der Waals surface area contributed by atoms with E-state index >= 15 is 0 Å². The molecular formula is C11H11NO2. The van der Waals surface area contributed by atoms with Gasteiger partial charge >= 0.3 is 5.97 Å². The van der Waals surface area contributed by atoms with Gasteiger partial charge in [-0.25, -0.2) is 4.79 Å². The highest BCUT2D eigenvalue weighted by Gasteiger charge is 2.21. The van der Waals surface area contributed by atoms with Crippen LogP contribution >= 0.6 is 0 Å². The number of nitrogens with two attached hydrogens (primary N) is 1. The van der Waals surface area contributed by atoms with Crippen molar-refractivity contribution in [3.63, 3.8) is 0 Å². The molecule has 0 bridgehead atoms. The second-order valence-electron chi connectivity index (χ2n) is 3.42. The molecule has 3 N–H and O–H groups in total. The Kier molecular flexibility index (Phi) is 2.00. The van der Waals surface area contributed by atoms with Gasteiger partial charge in [-0.1, -0.05) is 24.3 Å². The summed E-state index contributed by atoms with van der Waals surface area (Å²) in [6.45, 7) is 0. The molecule has 3 nitrogen and oxygen atoms in total. The van der Waals surface area contributed by atoms with Crippen LogP contribution in [0.2, 0.25) is 0 Å². The lowest BCUT2D eigenvalue weighted by Gasteiger charge is -2.21. The first-order valence-electron chi connectivity index (χ1n) is 4.48. The molecule has 2 aliphatic carbocycles. The third kappa shape index (κ3) is 1.37. The van der Waals surface area contributed by atoms with Crippen LogP contribution in [0, 0.1) is 5.92 Å². The van der Waals surface area contributed by atoms with Gasteiger partial charge in [-0.05, 0) is 18.1 Å². The maximum Gasteiger partial charge on any atom is 0.337 e. The van der Waals surface area contributed by atoms with E-state index in [4.69, 9.17) is 10.8 Å². The second kappa shape index (κ2) is 3.18. The number of carbonyl (C=O) groups is 1. The Balaban J connectivity index is 2.41. The summed E-state index contributed by atoms with van der Waals surface area (Å²) in [4.78, 5) is 10.8. The minimum atomic E-state index is -0.965. The van der Waals surface area contributed by atoms with Crippen molar-refractivity contribution in [3.8, 4) is 0 Å². The fraction of sp³-hybridized carbons (Fsp3) is 0.182. The molecular weight excluding hydrogens is 178 g/mol. The van der Waals surface area contributed by atoms with Crippen molar-refractivity contribution in [1.82, 2.24) is 0 Å². The zero-order valence-corrected chi connectivity index (χ0v) is 7.60. The summed E-state index contributed by atoms with van der Waals surface area (Å²) < 4.78 is 0. The number of hydrogen-bond acceptors (Lipinski definition) is 2. The third-order valence-corrected chi connectivity index (χ3v) is 2.48. The SMILES string of the molecule is NC1=CC2CC=CC=C2C=C1C(=O)O. The van der Waals surface area contributed by atoms with Gasteiger partial charge in [0.15, 0.2) is 0 Å². The summed E-state index contributed by atoms with van der Waals surface area (Å²) in [5.74, 6) is -0.712. The summed E-state index contributed by atoms with van der Waals surface area (Å²) in [6, 6.07) is 0. The zero-order chi connectivity index (χ0) is 10.1. The Morgan fingerprint density at radius 3 is 3.07 bits per heavy atom. The highest BCUT2D eigenvalue weighted by Crippen LogP contribution is 2.30. The molecule has 72 valence electrons. The van der Waals surface area contributed by atoms with Gasteiger partial charge in [-0.2, -0.15) is 0 Å². The van der Waals surface area contributed by atoms with Crippen molar-refractivity contribution in [2.75, 3.05) is 0 Å². The Morgan fingerprint density at radius 1 is 1.57 bits per heavy atom. The fourth-order valence-corrected chi connectivity index (χ4v) is 1.73. The summed E-state index contributed by atoms with van der Waals surface area (Å²) >= 11 is 0. The van der Waals surface area contributed by atoms with Crippen LogP contribution in [-0.4, -0.2) is 11.1 Å². The molecule has 2 aliphatic rings. The molecule has 3 heteroatoms. The van der Waals surface area contributed by atoms with E-state index in [0.29, 0.717) is 5.70 Å². The highest BCUT2D eigenvalue weighted by atomic mass is 16.4. The molecule has 14 heavy (non-hydrogen) atoms. The molecule has 1 unspecified atom stereocenters. The quantitative estimate of drug-likeness (QED) is 0.654. The molecule has 0 spiro atoms. The van der Waals surface area contributed by atoms with Gasteiger partial charge in [0.1, 0.15) is 0 Å². The molecule has 0 aromatic heterocycles. The Hall–Kier alpha value is -1.77. The molecule has 2 rings (SSSR count). The normalized spacial score (nSPS) is 24.6. The van der Waals surface area contributed by atoms with Crippen molar-refractivity contribution in [3.05, 3.63) is 47.2 Å². The van der Waals surface area contributed by atoms with Crippen LogP contribution in [0.1, 0.15) is 6.42 Å². The number of hydrogen-bond donors (Lipinski definition) is 2. The van der Waals surface area contributed by atoms with Gasteiger partial charge in [0.2, 0.25) is 0 Å². The predicted molar refractivity (Wildman–Crippen MR) is 53.3 cm³/mol. The van der Waals surface area contributed by atoms with E-state index in [1.807, 2.05) is 18.2 Å². The third-order valence-electron chi connectivity index (χ3n) is 2.48. The van der Waals surface area contributed by atoms with Crippen LogP contribution in [-0.2, 0) is 4.79 Å². The summed E-state index contributed by atoms with van der Waals surface area (Å²) in [5, 5.41) is 8.86. The van der Waals surface area contributed by atoms with Gasteiger partial charge in [-0.3, -0.25) is 0 Å². The van der Waals surface area contributed by atoms with E-state index in [0.717, 1.165) is 12.0 Å². The van der Waals surface area contributed by atoms with Crippen LogP contribution in [0.5, 0.6) is 0 Å². The maximum absolute atomic E-state index is 10.8. The monoisotopic (exact) mass is 189 g/mol. The molecule has 0 saturated heterocycles. The molecule has 0 aromatic carbocycles. The Morgan fingerprint density at radius 2 is 2.36 bits per heavy atom. The van der Waals surface area contributed by atoms with Gasteiger partial charge in [-0.15, -0.1) is 0 Å². The van der Waals surface area contributed by atoms with Crippen molar-refractivity contribution < 1.29 is 9.90 Å². The number of allylic oxidation sites excluding steroid dienone is 6. The van der Waals surface area contributed by atoms with E-state index in [2.05, 4.69) is 6.08 Å². The van der Waals surface area contributed by atoms with E-state index in [1.54, 1.807) is 6.08 Å². The van der Waals surface area contributed by atoms with Gasteiger partial charge in [0.25, 0.3) is 0 Å². The highest BCUT2D eigenvalue weighted by molar-refractivity contribution is 5.92. The van der Waals surface area contributed by atoms with Crippen molar-refractivity contribution in [2.24, 2.45) is 11.7 Å².